The van der Waals surface area contributed by atoms with Gasteiger partial charge in [-0.05, 0) is 55.2 Å². The number of benzene rings is 2. The van der Waals surface area contributed by atoms with Crippen LogP contribution in [0, 0.1) is 13.8 Å². The molecule has 7 heteroatoms. The molecule has 4 nitrogen and oxygen atoms in total. The number of rotatable bonds is 6. The quantitative estimate of drug-likeness (QED) is 0.537. The van der Waals surface area contributed by atoms with Gasteiger partial charge in [0.2, 0.25) is 0 Å². The van der Waals surface area contributed by atoms with Gasteiger partial charge in [0.05, 0.1) is 0 Å². The number of nitrogens with one attached hydrogen (secondary N) is 1. The molecule has 144 valence electrons. The van der Waals surface area contributed by atoms with Crippen molar-refractivity contribution in [1.29, 1.82) is 0 Å². The lowest BCUT2D eigenvalue weighted by Gasteiger charge is -2.17. The number of amides is 1. The minimum atomic E-state index is -0.208. The van der Waals surface area contributed by atoms with Gasteiger partial charge < -0.3 is 16.8 Å². The molecule has 2 rings (SSSR count). The number of anilines is 1. The van der Waals surface area contributed by atoms with E-state index in [1.165, 1.54) is 0 Å². The van der Waals surface area contributed by atoms with Crippen LogP contribution in [0.15, 0.2) is 42.5 Å². The van der Waals surface area contributed by atoms with Crippen LogP contribution in [0.4, 0.5) is 5.69 Å². The van der Waals surface area contributed by atoms with Crippen molar-refractivity contribution in [1.82, 2.24) is 0 Å². The molecule has 0 aromatic heterocycles. The summed E-state index contributed by atoms with van der Waals surface area (Å²) in [4.78, 5) is 12.5. The molecular formula is C19H27Cl2N3OS. The number of nitrogens with two attached hydrogens (primary N) is 2. The minimum Gasteiger partial charge on any atom is -0.327 e. The Hall–Kier alpha value is -1.24. The summed E-state index contributed by atoms with van der Waals surface area (Å²) >= 11 is 4.18. The maximum atomic E-state index is 12.5. The van der Waals surface area contributed by atoms with Crippen molar-refractivity contribution >= 4 is 49.0 Å². The third kappa shape index (κ3) is 6.49. The molecule has 0 heterocycles. The fraction of sp³-hybridized carbons (Fsp3) is 0.316. The van der Waals surface area contributed by atoms with Crippen molar-refractivity contribution in [3.05, 3.63) is 64.7 Å². The summed E-state index contributed by atoms with van der Waals surface area (Å²) in [5.41, 5.74) is 16.6. The number of hydrogen-bond acceptors (Lipinski definition) is 4. The van der Waals surface area contributed by atoms with Crippen LogP contribution in [0.2, 0.25) is 0 Å². The molecule has 2 atom stereocenters. The van der Waals surface area contributed by atoms with Gasteiger partial charge in [-0.3, -0.25) is 4.79 Å². The first-order valence-corrected chi connectivity index (χ1v) is 8.65. The van der Waals surface area contributed by atoms with Crippen LogP contribution >= 0.6 is 37.4 Å². The highest BCUT2D eigenvalue weighted by molar-refractivity contribution is 7.80. The molecule has 0 spiro atoms. The molecule has 2 aromatic rings. The van der Waals surface area contributed by atoms with E-state index in [1.807, 2.05) is 50.2 Å². The second-order valence-electron chi connectivity index (χ2n) is 6.11. The molecular weight excluding hydrogens is 389 g/mol. The van der Waals surface area contributed by atoms with E-state index in [0.717, 1.165) is 22.4 Å². The van der Waals surface area contributed by atoms with E-state index in [4.69, 9.17) is 11.5 Å². The van der Waals surface area contributed by atoms with Crippen molar-refractivity contribution < 1.29 is 4.79 Å². The van der Waals surface area contributed by atoms with E-state index in [2.05, 4.69) is 17.9 Å². The topological polar surface area (TPSA) is 81.1 Å². The summed E-state index contributed by atoms with van der Waals surface area (Å²) in [5.74, 6) is 0.441. The molecule has 0 fully saturated rings. The van der Waals surface area contributed by atoms with E-state index in [1.54, 1.807) is 6.07 Å². The first kappa shape index (κ1) is 24.8. The molecule has 0 aliphatic heterocycles. The van der Waals surface area contributed by atoms with Crippen molar-refractivity contribution in [2.45, 2.75) is 32.4 Å². The van der Waals surface area contributed by atoms with Crippen LogP contribution in [-0.4, -0.2) is 17.7 Å². The molecule has 0 aliphatic carbocycles. The van der Waals surface area contributed by atoms with E-state index >= 15 is 0 Å². The average Bonchev–Trinajstić information content (AvgIpc) is 2.58. The zero-order valence-electron chi connectivity index (χ0n) is 14.9. The van der Waals surface area contributed by atoms with Gasteiger partial charge in [0.1, 0.15) is 0 Å². The first-order chi connectivity index (χ1) is 11.4. The van der Waals surface area contributed by atoms with Crippen LogP contribution in [-0.2, 0) is 0 Å². The molecule has 0 radical (unpaired) electrons. The molecule has 0 saturated heterocycles. The molecule has 5 N–H and O–H groups in total. The Labute approximate surface area is 173 Å². The summed E-state index contributed by atoms with van der Waals surface area (Å²) in [6, 6.07) is 13.0. The van der Waals surface area contributed by atoms with Crippen molar-refractivity contribution in [3.8, 4) is 0 Å². The van der Waals surface area contributed by atoms with E-state index in [-0.39, 0.29) is 42.8 Å². The lowest BCUT2D eigenvalue weighted by Crippen LogP contribution is -2.27. The molecule has 26 heavy (non-hydrogen) atoms. The Morgan fingerprint density at radius 3 is 2.42 bits per heavy atom. The third-order valence-corrected chi connectivity index (χ3v) is 4.69. The molecule has 0 bridgehead atoms. The third-order valence-electron chi connectivity index (χ3n) is 4.22. The molecule has 1 amide bonds. The Kier molecular flexibility index (Phi) is 10.9. The summed E-state index contributed by atoms with van der Waals surface area (Å²) < 4.78 is 0. The van der Waals surface area contributed by atoms with E-state index < -0.39 is 0 Å². The predicted octanol–water partition coefficient (Wildman–Crippen LogP) is 4.05. The smallest absolute Gasteiger partial charge is 0.255 e. The van der Waals surface area contributed by atoms with Crippen LogP contribution in [0.1, 0.15) is 39.5 Å². The number of thiol groups is 1. The van der Waals surface area contributed by atoms with Crippen LogP contribution in [0.25, 0.3) is 0 Å². The van der Waals surface area contributed by atoms with Crippen LogP contribution in [0.3, 0.4) is 0 Å². The summed E-state index contributed by atoms with van der Waals surface area (Å²) in [6.07, 6.45) is 0.631. The van der Waals surface area contributed by atoms with Gasteiger partial charge in [0, 0.05) is 29.1 Å². The summed E-state index contributed by atoms with van der Waals surface area (Å²) in [6.45, 7) is 4.02. The van der Waals surface area contributed by atoms with Crippen molar-refractivity contribution in [2.24, 2.45) is 11.5 Å². The van der Waals surface area contributed by atoms with Gasteiger partial charge >= 0.3 is 0 Å². The highest BCUT2D eigenvalue weighted by atomic mass is 35.5. The second-order valence-corrected chi connectivity index (χ2v) is 6.48. The number of carbonyl (C=O) groups is 1. The lowest BCUT2D eigenvalue weighted by molar-refractivity contribution is 0.102. The zero-order chi connectivity index (χ0) is 17.7. The minimum absolute atomic E-state index is 0. The van der Waals surface area contributed by atoms with Gasteiger partial charge in [-0.1, -0.05) is 24.3 Å². The lowest BCUT2D eigenvalue weighted by atomic mass is 9.99. The summed E-state index contributed by atoms with van der Waals surface area (Å²) in [5, 5.41) is 2.97. The van der Waals surface area contributed by atoms with E-state index in [0.29, 0.717) is 17.7 Å². The maximum absolute atomic E-state index is 12.5. The average molecular weight is 416 g/mol. The van der Waals surface area contributed by atoms with Gasteiger partial charge in [-0.25, -0.2) is 0 Å². The van der Waals surface area contributed by atoms with Crippen molar-refractivity contribution in [3.63, 3.8) is 0 Å². The molecule has 0 aliphatic rings. The first-order valence-electron chi connectivity index (χ1n) is 8.02. The van der Waals surface area contributed by atoms with Gasteiger partial charge in [0.15, 0.2) is 0 Å². The fourth-order valence-electron chi connectivity index (χ4n) is 2.53. The predicted molar refractivity (Wildman–Crippen MR) is 118 cm³/mol. The summed E-state index contributed by atoms with van der Waals surface area (Å²) in [7, 11) is 0. The maximum Gasteiger partial charge on any atom is 0.255 e. The highest BCUT2D eigenvalue weighted by Crippen LogP contribution is 2.21. The zero-order valence-corrected chi connectivity index (χ0v) is 17.5. The number of carbonyl (C=O) groups excluding carboxylic acids is 1. The Bertz CT molecular complexity index is 728. The highest BCUT2D eigenvalue weighted by Gasteiger charge is 2.14. The van der Waals surface area contributed by atoms with Crippen LogP contribution in [0.5, 0.6) is 0 Å². The van der Waals surface area contributed by atoms with E-state index in [9.17, 15) is 4.79 Å². The SMILES string of the molecule is Cc1cccc(NC(=O)c2cccc(C(N)C[C@@H](N)CS)c2)c1C.Cl.Cl. The number of halogens is 2. The standard InChI is InChI=1S/C19H25N3OS.2ClH/c1-12-5-3-8-18(13(12)2)22-19(23)15-7-4-6-14(9-15)17(21)10-16(20)11-24;;/h3-9,16-17,24H,10-11,20-21H2,1-2H3,(H,22,23);2*1H/t16-,17?;;/m1../s1. The largest absolute Gasteiger partial charge is 0.327 e. The normalized spacial score (nSPS) is 12.3. The Morgan fingerprint density at radius 2 is 1.77 bits per heavy atom. The number of aryl methyl sites for hydroxylation is 1. The number of hydrogen-bond donors (Lipinski definition) is 4. The molecule has 1 unspecified atom stereocenters. The van der Waals surface area contributed by atoms with Gasteiger partial charge in [-0.15, -0.1) is 24.8 Å². The van der Waals surface area contributed by atoms with Crippen molar-refractivity contribution in [2.75, 3.05) is 11.1 Å². The second kappa shape index (κ2) is 11.5. The Balaban J connectivity index is 0.00000312. The monoisotopic (exact) mass is 415 g/mol. The van der Waals surface area contributed by atoms with Gasteiger partial charge in [0.25, 0.3) is 5.91 Å². The molecule has 2 aromatic carbocycles. The molecule has 0 saturated carbocycles. The van der Waals surface area contributed by atoms with Crippen LogP contribution < -0.4 is 16.8 Å². The Morgan fingerprint density at radius 1 is 1.12 bits per heavy atom. The fourth-order valence-corrected chi connectivity index (χ4v) is 2.68. The van der Waals surface area contributed by atoms with Gasteiger partial charge in [-0.2, -0.15) is 12.6 Å².